The zero-order valence-corrected chi connectivity index (χ0v) is 8.79. The van der Waals surface area contributed by atoms with E-state index in [-0.39, 0.29) is 12.8 Å². The summed E-state index contributed by atoms with van der Waals surface area (Å²) in [7, 11) is 0. The summed E-state index contributed by atoms with van der Waals surface area (Å²) in [6.07, 6.45) is -0.215. The SMILES string of the molecule is N#Cc1cccc(N2CCC(F)(F)CC2)c1. The third-order valence-electron chi connectivity index (χ3n) is 2.84. The van der Waals surface area contributed by atoms with Crippen LogP contribution in [0.2, 0.25) is 0 Å². The third kappa shape index (κ3) is 2.30. The van der Waals surface area contributed by atoms with Gasteiger partial charge < -0.3 is 4.90 Å². The first kappa shape index (κ1) is 10.9. The first-order valence-corrected chi connectivity index (χ1v) is 5.24. The zero-order chi connectivity index (χ0) is 11.6. The van der Waals surface area contributed by atoms with E-state index in [9.17, 15) is 8.78 Å². The molecule has 0 N–H and O–H groups in total. The molecule has 0 bridgehead atoms. The van der Waals surface area contributed by atoms with Gasteiger partial charge in [0.2, 0.25) is 0 Å². The monoisotopic (exact) mass is 222 g/mol. The van der Waals surface area contributed by atoms with E-state index in [1.807, 2.05) is 17.0 Å². The molecule has 0 radical (unpaired) electrons. The van der Waals surface area contributed by atoms with Crippen molar-refractivity contribution in [2.24, 2.45) is 0 Å². The number of hydrogen-bond acceptors (Lipinski definition) is 2. The van der Waals surface area contributed by atoms with E-state index in [2.05, 4.69) is 0 Å². The van der Waals surface area contributed by atoms with Crippen molar-refractivity contribution in [3.05, 3.63) is 29.8 Å². The summed E-state index contributed by atoms with van der Waals surface area (Å²) in [5.41, 5.74) is 1.42. The van der Waals surface area contributed by atoms with Gasteiger partial charge in [0.05, 0.1) is 11.6 Å². The van der Waals surface area contributed by atoms with Gasteiger partial charge in [0.25, 0.3) is 5.92 Å². The number of halogens is 2. The second kappa shape index (κ2) is 4.09. The molecule has 4 heteroatoms. The molecule has 2 nitrogen and oxygen atoms in total. The fourth-order valence-corrected chi connectivity index (χ4v) is 1.86. The lowest BCUT2D eigenvalue weighted by Crippen LogP contribution is -2.39. The molecule has 0 aromatic heterocycles. The molecular weight excluding hydrogens is 210 g/mol. The summed E-state index contributed by atoms with van der Waals surface area (Å²) < 4.78 is 25.9. The van der Waals surface area contributed by atoms with Crippen LogP contribution in [0.15, 0.2) is 24.3 Å². The fraction of sp³-hybridized carbons (Fsp3) is 0.417. The van der Waals surface area contributed by atoms with Crippen molar-refractivity contribution in [2.75, 3.05) is 18.0 Å². The summed E-state index contributed by atoms with van der Waals surface area (Å²) in [5, 5.41) is 8.75. The highest BCUT2D eigenvalue weighted by molar-refractivity contribution is 5.51. The molecule has 1 heterocycles. The van der Waals surface area contributed by atoms with Crippen LogP contribution in [0.4, 0.5) is 14.5 Å². The minimum absolute atomic E-state index is 0.107. The molecule has 1 saturated heterocycles. The number of anilines is 1. The average molecular weight is 222 g/mol. The largest absolute Gasteiger partial charge is 0.371 e. The minimum atomic E-state index is -2.52. The highest BCUT2D eigenvalue weighted by atomic mass is 19.3. The Labute approximate surface area is 93.1 Å². The Bertz CT molecular complexity index is 413. The summed E-state index contributed by atoms with van der Waals surface area (Å²) in [4.78, 5) is 1.90. The first-order chi connectivity index (χ1) is 7.61. The van der Waals surface area contributed by atoms with Crippen LogP contribution in [0.1, 0.15) is 18.4 Å². The van der Waals surface area contributed by atoms with Crippen LogP contribution in [0.25, 0.3) is 0 Å². The molecule has 0 aliphatic carbocycles. The van der Waals surface area contributed by atoms with Crippen molar-refractivity contribution in [2.45, 2.75) is 18.8 Å². The lowest BCUT2D eigenvalue weighted by Gasteiger charge is -2.33. The maximum Gasteiger partial charge on any atom is 0.251 e. The van der Waals surface area contributed by atoms with Gasteiger partial charge in [-0.3, -0.25) is 0 Å². The van der Waals surface area contributed by atoms with E-state index >= 15 is 0 Å². The third-order valence-corrected chi connectivity index (χ3v) is 2.84. The number of piperidine rings is 1. The Morgan fingerprint density at radius 3 is 2.56 bits per heavy atom. The Morgan fingerprint density at radius 1 is 1.25 bits per heavy atom. The summed E-state index contributed by atoms with van der Waals surface area (Å²) in [5.74, 6) is -2.52. The predicted molar refractivity (Wildman–Crippen MR) is 57.6 cm³/mol. The number of alkyl halides is 2. The smallest absolute Gasteiger partial charge is 0.251 e. The molecule has 1 aliphatic rings. The molecule has 0 unspecified atom stereocenters. The highest BCUT2D eigenvalue weighted by Crippen LogP contribution is 2.30. The molecule has 0 spiro atoms. The number of benzene rings is 1. The molecule has 84 valence electrons. The van der Waals surface area contributed by atoms with E-state index in [1.165, 1.54) is 0 Å². The summed E-state index contributed by atoms with van der Waals surface area (Å²) in [6.45, 7) is 0.698. The maximum absolute atomic E-state index is 13.0. The van der Waals surface area contributed by atoms with Crippen LogP contribution in [0.3, 0.4) is 0 Å². The van der Waals surface area contributed by atoms with Crippen LogP contribution in [-0.4, -0.2) is 19.0 Å². The van der Waals surface area contributed by atoms with Crippen molar-refractivity contribution < 1.29 is 8.78 Å². The first-order valence-electron chi connectivity index (χ1n) is 5.24. The van der Waals surface area contributed by atoms with Crippen molar-refractivity contribution in [1.29, 1.82) is 5.26 Å². The molecule has 0 saturated carbocycles. The highest BCUT2D eigenvalue weighted by Gasteiger charge is 2.33. The van der Waals surface area contributed by atoms with Crippen LogP contribution in [-0.2, 0) is 0 Å². The van der Waals surface area contributed by atoms with Gasteiger partial charge in [0.15, 0.2) is 0 Å². The van der Waals surface area contributed by atoms with Crippen molar-refractivity contribution in [3.8, 4) is 6.07 Å². The van der Waals surface area contributed by atoms with Gasteiger partial charge in [-0.15, -0.1) is 0 Å². The second-order valence-electron chi connectivity index (χ2n) is 4.01. The maximum atomic E-state index is 13.0. The number of rotatable bonds is 1. The van der Waals surface area contributed by atoms with Crippen molar-refractivity contribution >= 4 is 5.69 Å². The summed E-state index contributed by atoms with van der Waals surface area (Å²) >= 11 is 0. The molecule has 1 fully saturated rings. The Kier molecular flexibility index (Phi) is 2.78. The van der Waals surface area contributed by atoms with Gasteiger partial charge in [-0.2, -0.15) is 5.26 Å². The van der Waals surface area contributed by atoms with Gasteiger partial charge >= 0.3 is 0 Å². The fourth-order valence-electron chi connectivity index (χ4n) is 1.86. The van der Waals surface area contributed by atoms with Crippen LogP contribution >= 0.6 is 0 Å². The molecule has 2 rings (SSSR count). The number of nitrogens with zero attached hydrogens (tertiary/aromatic N) is 2. The molecule has 1 aromatic carbocycles. The quantitative estimate of drug-likeness (QED) is 0.730. The lowest BCUT2D eigenvalue weighted by atomic mass is 10.1. The Morgan fingerprint density at radius 2 is 1.94 bits per heavy atom. The van der Waals surface area contributed by atoms with Gasteiger partial charge in [0.1, 0.15) is 0 Å². The standard InChI is InChI=1S/C12H12F2N2/c13-12(14)4-6-16(7-5-12)11-3-1-2-10(8-11)9-15/h1-3,8H,4-7H2. The van der Waals surface area contributed by atoms with Crippen LogP contribution in [0, 0.1) is 11.3 Å². The molecular formula is C12H12F2N2. The van der Waals surface area contributed by atoms with Crippen molar-refractivity contribution in [3.63, 3.8) is 0 Å². The lowest BCUT2D eigenvalue weighted by molar-refractivity contribution is -0.0220. The minimum Gasteiger partial charge on any atom is -0.371 e. The Balaban J connectivity index is 2.11. The second-order valence-corrected chi connectivity index (χ2v) is 4.01. The Hall–Kier alpha value is -1.63. The normalized spacial score (nSPS) is 19.2. The van der Waals surface area contributed by atoms with Gasteiger partial charge in [-0.25, -0.2) is 8.78 Å². The topological polar surface area (TPSA) is 27.0 Å². The van der Waals surface area contributed by atoms with E-state index in [4.69, 9.17) is 5.26 Å². The van der Waals surface area contributed by atoms with Gasteiger partial charge in [0, 0.05) is 31.6 Å². The molecule has 1 aliphatic heterocycles. The number of hydrogen-bond donors (Lipinski definition) is 0. The van der Waals surface area contributed by atoms with Crippen molar-refractivity contribution in [1.82, 2.24) is 0 Å². The molecule has 0 amide bonds. The van der Waals surface area contributed by atoms with Crippen LogP contribution in [0.5, 0.6) is 0 Å². The average Bonchev–Trinajstić information content (AvgIpc) is 2.29. The zero-order valence-electron chi connectivity index (χ0n) is 8.79. The van der Waals surface area contributed by atoms with E-state index < -0.39 is 5.92 Å². The number of nitriles is 1. The van der Waals surface area contributed by atoms with Gasteiger partial charge in [-0.1, -0.05) is 6.07 Å². The van der Waals surface area contributed by atoms with E-state index in [1.54, 1.807) is 18.2 Å². The summed E-state index contributed by atoms with van der Waals surface area (Å²) in [6, 6.07) is 9.13. The molecule has 16 heavy (non-hydrogen) atoms. The van der Waals surface area contributed by atoms with Crippen LogP contribution < -0.4 is 4.90 Å². The molecule has 1 aromatic rings. The predicted octanol–water partition coefficient (Wildman–Crippen LogP) is 2.79. The van der Waals surface area contributed by atoms with E-state index in [0.29, 0.717) is 18.7 Å². The molecule has 0 atom stereocenters. The van der Waals surface area contributed by atoms with E-state index in [0.717, 1.165) is 5.69 Å². The van der Waals surface area contributed by atoms with Gasteiger partial charge in [-0.05, 0) is 18.2 Å².